The van der Waals surface area contributed by atoms with Gasteiger partial charge in [0.2, 0.25) is 0 Å². The van der Waals surface area contributed by atoms with Crippen molar-refractivity contribution in [2.24, 2.45) is 0 Å². The smallest absolute Gasteiger partial charge is 0.418 e. The Hall–Kier alpha value is -1.88. The summed E-state index contributed by atoms with van der Waals surface area (Å²) < 4.78 is 43.9. The lowest BCUT2D eigenvalue weighted by molar-refractivity contribution is -0.137. The quantitative estimate of drug-likeness (QED) is 0.859. The molecule has 0 fully saturated rings. The lowest BCUT2D eigenvalue weighted by Gasteiger charge is -2.15. The van der Waals surface area contributed by atoms with E-state index in [9.17, 15) is 13.2 Å². The molecule has 0 amide bonds. The van der Waals surface area contributed by atoms with Gasteiger partial charge < -0.3 is 10.1 Å². The van der Waals surface area contributed by atoms with Crippen molar-refractivity contribution in [1.82, 2.24) is 0 Å². The van der Waals surface area contributed by atoms with Crippen LogP contribution in [-0.2, 0) is 12.7 Å². The normalized spacial score (nSPS) is 11.3. The molecule has 0 radical (unpaired) electrons. The van der Waals surface area contributed by atoms with Gasteiger partial charge in [-0.25, -0.2) is 0 Å². The topological polar surface area (TPSA) is 21.3 Å². The maximum atomic E-state index is 13.0. The van der Waals surface area contributed by atoms with E-state index in [1.54, 1.807) is 24.3 Å². The van der Waals surface area contributed by atoms with Crippen LogP contribution in [0, 0.1) is 0 Å². The van der Waals surface area contributed by atoms with Gasteiger partial charge in [-0.05, 0) is 35.9 Å². The molecular formula is C15H13ClF3NO. The van der Waals surface area contributed by atoms with Crippen molar-refractivity contribution in [2.75, 3.05) is 12.4 Å². The molecule has 0 aliphatic heterocycles. The number of halogens is 4. The maximum absolute atomic E-state index is 13.0. The zero-order valence-corrected chi connectivity index (χ0v) is 11.9. The molecule has 21 heavy (non-hydrogen) atoms. The minimum absolute atomic E-state index is 0.0123. The minimum atomic E-state index is -4.45. The lowest BCUT2D eigenvalue weighted by Crippen LogP contribution is -2.11. The minimum Gasteiger partial charge on any atom is -0.497 e. The first-order valence-corrected chi connectivity index (χ1v) is 6.51. The molecule has 112 valence electrons. The molecule has 6 heteroatoms. The largest absolute Gasteiger partial charge is 0.497 e. The Morgan fingerprint density at radius 1 is 1.10 bits per heavy atom. The van der Waals surface area contributed by atoms with Gasteiger partial charge in [-0.1, -0.05) is 23.7 Å². The van der Waals surface area contributed by atoms with E-state index in [0.717, 1.165) is 11.6 Å². The average molecular weight is 316 g/mol. The fourth-order valence-corrected chi connectivity index (χ4v) is 1.96. The zero-order valence-electron chi connectivity index (χ0n) is 11.2. The van der Waals surface area contributed by atoms with Crippen LogP contribution in [0.5, 0.6) is 5.75 Å². The van der Waals surface area contributed by atoms with Crippen molar-refractivity contribution in [1.29, 1.82) is 0 Å². The maximum Gasteiger partial charge on any atom is 0.418 e. The Balaban J connectivity index is 2.21. The van der Waals surface area contributed by atoms with Crippen LogP contribution in [0.2, 0.25) is 5.02 Å². The van der Waals surface area contributed by atoms with E-state index >= 15 is 0 Å². The van der Waals surface area contributed by atoms with Crippen molar-refractivity contribution in [2.45, 2.75) is 12.7 Å². The third-order valence-electron chi connectivity index (χ3n) is 2.93. The number of benzene rings is 2. The monoisotopic (exact) mass is 315 g/mol. The highest BCUT2D eigenvalue weighted by Gasteiger charge is 2.34. The van der Waals surface area contributed by atoms with Crippen LogP contribution in [0.4, 0.5) is 18.9 Å². The number of anilines is 1. The van der Waals surface area contributed by atoms with Gasteiger partial charge in [-0.2, -0.15) is 13.2 Å². The summed E-state index contributed by atoms with van der Waals surface area (Å²) in [7, 11) is 1.33. The highest BCUT2D eigenvalue weighted by molar-refractivity contribution is 6.30. The van der Waals surface area contributed by atoms with Gasteiger partial charge in [0.25, 0.3) is 0 Å². The molecule has 2 aromatic carbocycles. The number of rotatable bonds is 4. The SMILES string of the molecule is COc1ccc(NCc2ccc(Cl)cc2)c(C(F)(F)F)c1. The van der Waals surface area contributed by atoms with Gasteiger partial charge >= 0.3 is 6.18 Å². The highest BCUT2D eigenvalue weighted by Crippen LogP contribution is 2.37. The van der Waals surface area contributed by atoms with Crippen molar-refractivity contribution >= 4 is 17.3 Å². The highest BCUT2D eigenvalue weighted by atomic mass is 35.5. The number of nitrogens with one attached hydrogen (secondary N) is 1. The van der Waals surface area contributed by atoms with Crippen LogP contribution in [0.25, 0.3) is 0 Å². The second-order valence-electron chi connectivity index (χ2n) is 4.39. The van der Waals surface area contributed by atoms with Crippen LogP contribution in [0.15, 0.2) is 42.5 Å². The van der Waals surface area contributed by atoms with E-state index in [2.05, 4.69) is 5.32 Å². The molecule has 1 N–H and O–H groups in total. The molecule has 0 atom stereocenters. The van der Waals surface area contributed by atoms with Crippen LogP contribution in [-0.4, -0.2) is 7.11 Å². The number of hydrogen-bond acceptors (Lipinski definition) is 2. The first-order chi connectivity index (χ1) is 9.90. The molecule has 2 rings (SSSR count). The van der Waals surface area contributed by atoms with Gasteiger partial charge in [-0.15, -0.1) is 0 Å². The van der Waals surface area contributed by atoms with Crippen LogP contribution in [0.1, 0.15) is 11.1 Å². The molecule has 0 aromatic heterocycles. The molecule has 0 saturated carbocycles. The van der Waals surface area contributed by atoms with Gasteiger partial charge in [0.15, 0.2) is 0 Å². The lowest BCUT2D eigenvalue weighted by atomic mass is 10.1. The van der Waals surface area contributed by atoms with Crippen molar-refractivity contribution in [3.05, 3.63) is 58.6 Å². The molecule has 0 aliphatic carbocycles. The molecular weight excluding hydrogens is 303 g/mol. The molecule has 0 spiro atoms. The van der Waals surface area contributed by atoms with Crippen LogP contribution >= 0.6 is 11.6 Å². The molecule has 0 bridgehead atoms. The summed E-state index contributed by atoms with van der Waals surface area (Å²) in [6, 6.07) is 10.7. The molecule has 0 unspecified atom stereocenters. The Bertz CT molecular complexity index is 611. The first kappa shape index (κ1) is 15.5. The fraction of sp³-hybridized carbons (Fsp3) is 0.200. The second kappa shape index (κ2) is 6.26. The Kier molecular flexibility index (Phi) is 4.63. The average Bonchev–Trinajstić information content (AvgIpc) is 2.45. The summed E-state index contributed by atoms with van der Waals surface area (Å²) in [6.07, 6.45) is -4.45. The Labute approximate surface area is 125 Å². The van der Waals surface area contributed by atoms with Crippen LogP contribution in [0.3, 0.4) is 0 Å². The van der Waals surface area contributed by atoms with E-state index in [4.69, 9.17) is 16.3 Å². The standard InChI is InChI=1S/C15H13ClF3NO/c1-21-12-6-7-14(13(8-12)15(17,18)19)20-9-10-2-4-11(16)5-3-10/h2-8,20H,9H2,1H3. The number of alkyl halides is 3. The number of ether oxygens (including phenoxy) is 1. The molecule has 0 heterocycles. The summed E-state index contributed by atoms with van der Waals surface area (Å²) in [5, 5.41) is 3.37. The second-order valence-corrected chi connectivity index (χ2v) is 4.83. The number of methoxy groups -OCH3 is 1. The zero-order chi connectivity index (χ0) is 15.5. The Morgan fingerprint density at radius 2 is 1.76 bits per heavy atom. The van der Waals surface area contributed by atoms with Crippen molar-refractivity contribution in [3.63, 3.8) is 0 Å². The van der Waals surface area contributed by atoms with E-state index in [1.807, 2.05) is 0 Å². The summed E-state index contributed by atoms with van der Waals surface area (Å²) in [4.78, 5) is 0. The predicted octanol–water partition coefficient (Wildman–Crippen LogP) is 4.98. The van der Waals surface area contributed by atoms with Gasteiger partial charge in [0, 0.05) is 17.3 Å². The molecule has 2 aromatic rings. The first-order valence-electron chi connectivity index (χ1n) is 6.13. The van der Waals surface area contributed by atoms with Crippen molar-refractivity contribution in [3.8, 4) is 5.75 Å². The summed E-state index contributed by atoms with van der Waals surface area (Å²) >= 11 is 5.76. The third kappa shape index (κ3) is 4.04. The van der Waals surface area contributed by atoms with E-state index in [1.165, 1.54) is 19.2 Å². The Morgan fingerprint density at radius 3 is 2.33 bits per heavy atom. The molecule has 0 aliphatic rings. The van der Waals surface area contributed by atoms with Crippen molar-refractivity contribution < 1.29 is 17.9 Å². The third-order valence-corrected chi connectivity index (χ3v) is 3.18. The van der Waals surface area contributed by atoms with Crippen LogP contribution < -0.4 is 10.1 Å². The fourth-order valence-electron chi connectivity index (χ4n) is 1.84. The summed E-state index contributed by atoms with van der Waals surface area (Å²) in [5.41, 5.74) is 0.0948. The summed E-state index contributed by atoms with van der Waals surface area (Å²) in [6.45, 7) is 0.270. The summed E-state index contributed by atoms with van der Waals surface area (Å²) in [5.74, 6) is 0.166. The van der Waals surface area contributed by atoms with Gasteiger partial charge in [0.05, 0.1) is 12.7 Å². The van der Waals surface area contributed by atoms with E-state index < -0.39 is 11.7 Å². The number of hydrogen-bond donors (Lipinski definition) is 1. The van der Waals surface area contributed by atoms with Gasteiger partial charge in [0.1, 0.15) is 5.75 Å². The molecule has 0 saturated heterocycles. The molecule has 2 nitrogen and oxygen atoms in total. The predicted molar refractivity (Wildman–Crippen MR) is 76.8 cm³/mol. The van der Waals surface area contributed by atoms with E-state index in [0.29, 0.717) is 5.02 Å². The van der Waals surface area contributed by atoms with E-state index in [-0.39, 0.29) is 18.0 Å². The van der Waals surface area contributed by atoms with Gasteiger partial charge in [-0.3, -0.25) is 0 Å².